The lowest BCUT2D eigenvalue weighted by molar-refractivity contribution is -0.131. The monoisotopic (exact) mass is 475 g/mol. The first-order chi connectivity index (χ1) is 16.7. The van der Waals surface area contributed by atoms with Crippen molar-refractivity contribution in [2.75, 3.05) is 0 Å². The van der Waals surface area contributed by atoms with E-state index in [1.807, 2.05) is 13.0 Å². The Morgan fingerprint density at radius 3 is 2.77 bits per heavy atom. The van der Waals surface area contributed by atoms with E-state index in [-0.39, 0.29) is 24.1 Å². The summed E-state index contributed by atoms with van der Waals surface area (Å²) in [5, 5.41) is 15.3. The Morgan fingerprint density at radius 1 is 1.40 bits per heavy atom. The quantitative estimate of drug-likeness (QED) is 0.600. The summed E-state index contributed by atoms with van der Waals surface area (Å²) in [5.74, 6) is -0.619. The maximum absolute atomic E-state index is 14.9. The Morgan fingerprint density at radius 2 is 2.14 bits per heavy atom. The lowest BCUT2D eigenvalue weighted by Crippen LogP contribution is -2.40. The molecule has 2 N–H and O–H groups in total. The third-order valence-corrected chi connectivity index (χ3v) is 8.07. The van der Waals surface area contributed by atoms with Gasteiger partial charge in [-0.25, -0.2) is 9.37 Å². The van der Waals surface area contributed by atoms with Crippen molar-refractivity contribution in [3.8, 4) is 0 Å². The van der Waals surface area contributed by atoms with Crippen LogP contribution in [0.5, 0.6) is 0 Å². The lowest BCUT2D eigenvalue weighted by Gasteiger charge is -2.36. The molecule has 0 saturated heterocycles. The molecule has 1 amide bonds. The molecule has 35 heavy (non-hydrogen) atoms. The van der Waals surface area contributed by atoms with E-state index in [0.29, 0.717) is 54.6 Å². The van der Waals surface area contributed by atoms with Gasteiger partial charge in [0.1, 0.15) is 11.4 Å². The number of amides is 1. The molecular weight excluding hydrogens is 445 g/mol. The number of nitrogens with one attached hydrogen (secondary N) is 1. The summed E-state index contributed by atoms with van der Waals surface area (Å²) in [5.41, 5.74) is 5.95. The molecule has 0 saturated carbocycles. The van der Waals surface area contributed by atoms with Crippen LogP contribution in [0.2, 0.25) is 0 Å². The van der Waals surface area contributed by atoms with Gasteiger partial charge in [0.2, 0.25) is 6.41 Å². The van der Waals surface area contributed by atoms with Gasteiger partial charge in [0, 0.05) is 22.7 Å². The molecule has 0 spiro atoms. The van der Waals surface area contributed by atoms with Crippen LogP contribution >= 0.6 is 0 Å². The van der Waals surface area contributed by atoms with Gasteiger partial charge >= 0.3 is 0 Å². The maximum Gasteiger partial charge on any atom is 0.207 e. The Labute approximate surface area is 204 Å². The number of hydrogen-bond donors (Lipinski definition) is 2. The van der Waals surface area contributed by atoms with Crippen molar-refractivity contribution in [1.82, 2.24) is 15.2 Å². The normalized spacial score (nSPS) is 20.4. The number of hydrogen-bond acceptors (Lipinski definition) is 5. The number of benzene rings is 1. The fraction of sp³-hybridized carbons (Fsp3) is 0.393. The summed E-state index contributed by atoms with van der Waals surface area (Å²) in [6, 6.07) is 1.26. The maximum atomic E-state index is 14.9. The molecule has 0 radical (unpaired) electrons. The molecule has 0 unspecified atom stereocenters. The van der Waals surface area contributed by atoms with E-state index in [0.717, 1.165) is 39.0 Å². The number of nitrogens with zero attached hydrogens (tertiary/aromatic N) is 2. The summed E-state index contributed by atoms with van der Waals surface area (Å²) in [7, 11) is 0. The third-order valence-electron chi connectivity index (χ3n) is 8.07. The number of halogens is 1. The number of carbonyl (C=O) groups excluding carboxylic acids is 2. The molecule has 1 aromatic carbocycles. The van der Waals surface area contributed by atoms with Crippen LogP contribution in [0.15, 0.2) is 35.6 Å². The van der Waals surface area contributed by atoms with Crippen LogP contribution in [0, 0.1) is 12.7 Å². The topological polar surface area (TPSA) is 82.5 Å². The molecule has 6 nitrogen and oxygen atoms in total. The van der Waals surface area contributed by atoms with Crippen LogP contribution in [0.3, 0.4) is 0 Å². The lowest BCUT2D eigenvalue weighted by atomic mass is 9.80. The van der Waals surface area contributed by atoms with E-state index < -0.39 is 5.60 Å². The van der Waals surface area contributed by atoms with Gasteiger partial charge in [-0.1, -0.05) is 20.4 Å². The summed E-state index contributed by atoms with van der Waals surface area (Å²) < 4.78 is 14.9. The number of pyridine rings is 1. The number of aryl methyl sites for hydroxylation is 1. The highest BCUT2D eigenvalue weighted by Crippen LogP contribution is 2.49. The highest BCUT2D eigenvalue weighted by Gasteiger charge is 2.43. The van der Waals surface area contributed by atoms with Crippen LogP contribution < -0.4 is 5.32 Å². The molecule has 7 heteroatoms. The van der Waals surface area contributed by atoms with E-state index in [1.165, 1.54) is 13.0 Å². The molecule has 1 aliphatic carbocycles. The van der Waals surface area contributed by atoms with Crippen molar-refractivity contribution in [2.45, 2.75) is 71.6 Å². The zero-order valence-corrected chi connectivity index (χ0v) is 20.6. The Kier molecular flexibility index (Phi) is 5.44. The predicted molar refractivity (Wildman–Crippen MR) is 133 cm³/mol. The molecule has 3 heterocycles. The van der Waals surface area contributed by atoms with Gasteiger partial charge in [0.25, 0.3) is 0 Å². The minimum atomic E-state index is -1.63. The molecule has 0 bridgehead atoms. The minimum Gasteiger partial charge on any atom is -0.377 e. The molecule has 3 aliphatic rings. The molecule has 0 fully saturated rings. The number of aliphatic hydroxyl groups is 1. The standard InChI is InChI=1S/C28H30FN3O3/c1-6-17-15(4)32-12-19-26-22(30-13-33)9-8-18-14(3)21(29)11-23(25(18)26)31-27(19)24(32)10-20(17)28(35,7-2)16(5)34/h10-11,13,22,35H,4,6-9,12H2,1-3,5H3,(H,30,33)/t22-,28+/m0/s1. The van der Waals surface area contributed by atoms with Crippen molar-refractivity contribution < 1.29 is 19.1 Å². The number of carbonyl (C=O) groups is 2. The second-order valence-corrected chi connectivity index (χ2v) is 9.66. The van der Waals surface area contributed by atoms with Crippen molar-refractivity contribution >= 4 is 28.8 Å². The zero-order chi connectivity index (χ0) is 25.2. The van der Waals surface area contributed by atoms with E-state index in [2.05, 4.69) is 16.8 Å². The SMILES string of the molecule is C=C1C(CC)=C([C@@](O)(CC)C(C)=O)C=C2c3nc4cc(F)c(C)c5c4c(c3CN12)[C@@H](NC=O)CC5. The van der Waals surface area contributed by atoms with Crippen molar-refractivity contribution in [3.63, 3.8) is 0 Å². The molecular formula is C28H30FN3O3. The van der Waals surface area contributed by atoms with Crippen LogP contribution in [-0.4, -0.2) is 32.8 Å². The van der Waals surface area contributed by atoms with Gasteiger partial charge < -0.3 is 15.3 Å². The summed E-state index contributed by atoms with van der Waals surface area (Å²) in [6.45, 7) is 11.8. The van der Waals surface area contributed by atoms with Crippen LogP contribution in [-0.2, 0) is 22.6 Å². The molecule has 1 aromatic heterocycles. The van der Waals surface area contributed by atoms with Crippen LogP contribution in [0.1, 0.15) is 74.0 Å². The first kappa shape index (κ1) is 23.4. The Bertz CT molecular complexity index is 1390. The van der Waals surface area contributed by atoms with Crippen molar-refractivity contribution in [3.05, 3.63) is 69.3 Å². The second-order valence-electron chi connectivity index (χ2n) is 9.66. The Balaban J connectivity index is 1.82. The Hall–Kier alpha value is -3.32. The summed E-state index contributed by atoms with van der Waals surface area (Å²) >= 11 is 0. The number of aromatic nitrogens is 1. The van der Waals surface area contributed by atoms with Gasteiger partial charge in [-0.15, -0.1) is 0 Å². The minimum absolute atomic E-state index is 0.206. The molecule has 2 aliphatic heterocycles. The fourth-order valence-corrected chi connectivity index (χ4v) is 6.09. The van der Waals surface area contributed by atoms with Crippen LogP contribution in [0.4, 0.5) is 4.39 Å². The first-order valence-corrected chi connectivity index (χ1v) is 12.2. The van der Waals surface area contributed by atoms with E-state index in [9.17, 15) is 19.1 Å². The highest BCUT2D eigenvalue weighted by atomic mass is 19.1. The smallest absolute Gasteiger partial charge is 0.207 e. The largest absolute Gasteiger partial charge is 0.377 e. The number of Topliss-reactive ketones (excluding diaryl/α,β-unsaturated/α-hetero) is 1. The third kappa shape index (κ3) is 3.14. The second kappa shape index (κ2) is 8.12. The van der Waals surface area contributed by atoms with Crippen molar-refractivity contribution in [1.29, 1.82) is 0 Å². The van der Waals surface area contributed by atoms with Gasteiger partial charge in [0.15, 0.2) is 5.78 Å². The first-order valence-electron chi connectivity index (χ1n) is 12.2. The van der Waals surface area contributed by atoms with Gasteiger partial charge in [-0.05, 0) is 73.4 Å². The zero-order valence-electron chi connectivity index (χ0n) is 20.6. The van der Waals surface area contributed by atoms with Gasteiger partial charge in [-0.3, -0.25) is 9.59 Å². The van der Waals surface area contributed by atoms with E-state index in [4.69, 9.17) is 4.98 Å². The van der Waals surface area contributed by atoms with E-state index >= 15 is 0 Å². The number of fused-ring (bicyclic) bond motifs is 4. The molecule has 5 rings (SSSR count). The van der Waals surface area contributed by atoms with Crippen molar-refractivity contribution in [2.24, 2.45) is 0 Å². The number of rotatable bonds is 6. The summed E-state index contributed by atoms with van der Waals surface area (Å²) in [6.07, 6.45) is 4.74. The molecule has 2 atom stereocenters. The number of allylic oxidation sites excluding steroid dienone is 1. The fourth-order valence-electron chi connectivity index (χ4n) is 6.09. The average Bonchev–Trinajstić information content (AvgIpc) is 3.21. The average molecular weight is 476 g/mol. The predicted octanol–water partition coefficient (Wildman–Crippen LogP) is 4.54. The van der Waals surface area contributed by atoms with Crippen LogP contribution in [0.25, 0.3) is 16.6 Å². The van der Waals surface area contributed by atoms with Gasteiger partial charge in [-0.2, -0.15) is 0 Å². The summed E-state index contributed by atoms with van der Waals surface area (Å²) in [4.78, 5) is 31.0. The van der Waals surface area contributed by atoms with E-state index in [1.54, 1.807) is 13.8 Å². The highest BCUT2D eigenvalue weighted by molar-refractivity contribution is 5.95. The number of ketones is 1. The molecule has 182 valence electrons. The molecule has 2 aromatic rings. The van der Waals surface area contributed by atoms with Gasteiger partial charge in [0.05, 0.1) is 29.5 Å².